The van der Waals surface area contributed by atoms with E-state index in [1.807, 2.05) is 6.07 Å². The molecule has 0 fully saturated rings. The molecule has 0 saturated carbocycles. The summed E-state index contributed by atoms with van der Waals surface area (Å²) < 4.78 is 5.50. The van der Waals surface area contributed by atoms with Gasteiger partial charge in [0.15, 0.2) is 0 Å². The molecule has 0 atom stereocenters. The van der Waals surface area contributed by atoms with Crippen molar-refractivity contribution >= 4 is 29.3 Å². The predicted molar refractivity (Wildman–Crippen MR) is 82.9 cm³/mol. The van der Waals surface area contributed by atoms with Crippen LogP contribution in [0, 0.1) is 0 Å². The first-order valence-corrected chi connectivity index (χ1v) is 9.65. The summed E-state index contributed by atoms with van der Waals surface area (Å²) in [6, 6.07) is 6.37. The highest BCUT2D eigenvalue weighted by Gasteiger charge is 2.09. The molecule has 1 aromatic carbocycles. The number of benzene rings is 1. The van der Waals surface area contributed by atoms with Gasteiger partial charge in [0, 0.05) is 0 Å². The molecule has 0 unspecified atom stereocenters. The second-order valence-electron chi connectivity index (χ2n) is 4.44. The van der Waals surface area contributed by atoms with Crippen LogP contribution in [0.4, 0.5) is 0 Å². The molecule has 0 saturated heterocycles. The maximum atomic E-state index is 5.75. The molecule has 0 radical (unpaired) electrons. The van der Waals surface area contributed by atoms with E-state index in [-0.39, 0.29) is 0 Å². The SMILES string of the molecule is CCCCc1ccc(OP(Cl)Cl)c(CCCC)c1. The Morgan fingerprint density at radius 1 is 1.06 bits per heavy atom. The number of hydrogen-bond acceptors (Lipinski definition) is 1. The molecular formula is C14H21Cl2OP. The molecule has 0 aliphatic carbocycles. The fourth-order valence-corrected chi connectivity index (χ4v) is 2.67. The van der Waals surface area contributed by atoms with E-state index in [1.54, 1.807) is 0 Å². The first-order valence-electron chi connectivity index (χ1n) is 6.58. The van der Waals surface area contributed by atoms with Crippen LogP contribution in [0.15, 0.2) is 18.2 Å². The Kier molecular flexibility index (Phi) is 8.06. The first-order chi connectivity index (χ1) is 8.67. The van der Waals surface area contributed by atoms with Crippen LogP contribution < -0.4 is 4.52 Å². The van der Waals surface area contributed by atoms with Crippen LogP contribution in [-0.4, -0.2) is 0 Å². The van der Waals surface area contributed by atoms with E-state index in [4.69, 9.17) is 27.0 Å². The second-order valence-corrected chi connectivity index (χ2v) is 7.39. The molecule has 1 nitrogen and oxygen atoms in total. The lowest BCUT2D eigenvalue weighted by Gasteiger charge is -2.12. The molecular weight excluding hydrogens is 286 g/mol. The number of unbranched alkanes of at least 4 members (excludes halogenated alkanes) is 2. The zero-order chi connectivity index (χ0) is 13.4. The van der Waals surface area contributed by atoms with Gasteiger partial charge in [-0.3, -0.25) is 0 Å². The van der Waals surface area contributed by atoms with E-state index in [9.17, 15) is 0 Å². The van der Waals surface area contributed by atoms with Gasteiger partial charge in [-0.1, -0.05) is 38.8 Å². The van der Waals surface area contributed by atoms with Gasteiger partial charge in [0.1, 0.15) is 5.75 Å². The van der Waals surface area contributed by atoms with Crippen LogP contribution in [0.2, 0.25) is 0 Å². The number of aryl methyl sites for hydroxylation is 2. The van der Waals surface area contributed by atoms with Gasteiger partial charge < -0.3 is 4.52 Å². The summed E-state index contributed by atoms with van der Waals surface area (Å²) in [4.78, 5) is 0. The van der Waals surface area contributed by atoms with Gasteiger partial charge in [0.25, 0.3) is 6.85 Å². The Hall–Kier alpha value is 0.0300. The van der Waals surface area contributed by atoms with Crippen LogP contribution >= 0.6 is 29.3 Å². The third kappa shape index (κ3) is 5.78. The summed E-state index contributed by atoms with van der Waals surface area (Å²) >= 11 is 11.5. The van der Waals surface area contributed by atoms with Gasteiger partial charge in [-0.2, -0.15) is 0 Å². The quantitative estimate of drug-likeness (QED) is 0.501. The van der Waals surface area contributed by atoms with Crippen molar-refractivity contribution < 1.29 is 4.52 Å². The van der Waals surface area contributed by atoms with Gasteiger partial charge in [-0.05, 0) is 65.4 Å². The highest BCUT2D eigenvalue weighted by Crippen LogP contribution is 2.48. The van der Waals surface area contributed by atoms with Gasteiger partial charge in [0.05, 0.1) is 0 Å². The minimum atomic E-state index is -1.38. The van der Waals surface area contributed by atoms with E-state index in [1.165, 1.54) is 30.4 Å². The van der Waals surface area contributed by atoms with Crippen molar-refractivity contribution in [2.75, 3.05) is 0 Å². The van der Waals surface area contributed by atoms with Crippen LogP contribution in [0.5, 0.6) is 5.75 Å². The minimum Gasteiger partial charge on any atom is -0.445 e. The third-order valence-corrected chi connectivity index (χ3v) is 3.66. The average Bonchev–Trinajstić information content (AvgIpc) is 2.35. The van der Waals surface area contributed by atoms with Crippen molar-refractivity contribution in [3.05, 3.63) is 29.3 Å². The molecule has 4 heteroatoms. The van der Waals surface area contributed by atoms with Crippen molar-refractivity contribution in [1.82, 2.24) is 0 Å². The van der Waals surface area contributed by atoms with E-state index < -0.39 is 6.85 Å². The molecule has 0 spiro atoms. The highest BCUT2D eigenvalue weighted by atomic mass is 35.9. The normalized spacial score (nSPS) is 10.9. The minimum absolute atomic E-state index is 0.847. The van der Waals surface area contributed by atoms with Gasteiger partial charge in [-0.15, -0.1) is 0 Å². The molecule has 0 aliphatic heterocycles. The van der Waals surface area contributed by atoms with E-state index >= 15 is 0 Å². The summed E-state index contributed by atoms with van der Waals surface area (Å²) in [6.07, 6.45) is 6.95. The summed E-state index contributed by atoms with van der Waals surface area (Å²) in [5.74, 6) is 0.847. The number of halogens is 2. The zero-order valence-electron chi connectivity index (χ0n) is 11.1. The molecule has 0 bridgehead atoms. The fourth-order valence-electron chi connectivity index (χ4n) is 1.90. The Morgan fingerprint density at radius 3 is 2.33 bits per heavy atom. The Morgan fingerprint density at radius 2 is 1.72 bits per heavy atom. The molecule has 18 heavy (non-hydrogen) atoms. The Bertz CT molecular complexity index is 356. The van der Waals surface area contributed by atoms with Crippen molar-refractivity contribution in [1.29, 1.82) is 0 Å². The summed E-state index contributed by atoms with van der Waals surface area (Å²) in [6.45, 7) is 3.02. The molecule has 0 aliphatic rings. The average molecular weight is 307 g/mol. The first kappa shape index (κ1) is 16.1. The monoisotopic (exact) mass is 306 g/mol. The number of hydrogen-bond donors (Lipinski definition) is 0. The number of rotatable bonds is 8. The van der Waals surface area contributed by atoms with Crippen LogP contribution in [0.1, 0.15) is 50.7 Å². The van der Waals surface area contributed by atoms with E-state index in [0.29, 0.717) is 0 Å². The molecule has 0 N–H and O–H groups in total. The van der Waals surface area contributed by atoms with Gasteiger partial charge >= 0.3 is 0 Å². The van der Waals surface area contributed by atoms with E-state index in [2.05, 4.69) is 26.0 Å². The molecule has 1 aromatic rings. The van der Waals surface area contributed by atoms with Crippen molar-refractivity contribution in [2.45, 2.75) is 52.4 Å². The largest absolute Gasteiger partial charge is 0.445 e. The highest BCUT2D eigenvalue weighted by molar-refractivity contribution is 8.00. The predicted octanol–water partition coefficient (Wildman–Crippen LogP) is 6.46. The molecule has 0 heterocycles. The molecule has 102 valence electrons. The Labute approximate surface area is 121 Å². The Balaban J connectivity index is 2.81. The molecule has 0 amide bonds. The summed E-state index contributed by atoms with van der Waals surface area (Å²) in [5, 5.41) is 0. The van der Waals surface area contributed by atoms with Crippen molar-refractivity contribution in [2.24, 2.45) is 0 Å². The third-order valence-electron chi connectivity index (χ3n) is 2.91. The lowest BCUT2D eigenvalue weighted by molar-refractivity contribution is 0.619. The maximum Gasteiger partial charge on any atom is 0.284 e. The van der Waals surface area contributed by atoms with Crippen molar-refractivity contribution in [3.63, 3.8) is 0 Å². The maximum absolute atomic E-state index is 5.75. The van der Waals surface area contributed by atoms with Crippen LogP contribution in [-0.2, 0) is 12.8 Å². The standard InChI is InChI=1S/C14H21Cl2OP/c1-3-5-7-12-9-10-14(17-18(15)16)13(11-12)8-6-4-2/h9-11H,3-8H2,1-2H3. The van der Waals surface area contributed by atoms with E-state index in [0.717, 1.165) is 25.0 Å². The fraction of sp³-hybridized carbons (Fsp3) is 0.571. The lowest BCUT2D eigenvalue weighted by atomic mass is 10.0. The smallest absolute Gasteiger partial charge is 0.284 e. The molecule has 1 rings (SSSR count). The molecule has 0 aromatic heterocycles. The van der Waals surface area contributed by atoms with Crippen molar-refractivity contribution in [3.8, 4) is 5.75 Å². The second kappa shape index (κ2) is 9.02. The van der Waals surface area contributed by atoms with Crippen LogP contribution in [0.3, 0.4) is 0 Å². The van der Waals surface area contributed by atoms with Gasteiger partial charge in [0.2, 0.25) is 0 Å². The van der Waals surface area contributed by atoms with Gasteiger partial charge in [-0.25, -0.2) is 0 Å². The van der Waals surface area contributed by atoms with Crippen LogP contribution in [0.25, 0.3) is 0 Å². The summed E-state index contributed by atoms with van der Waals surface area (Å²) in [7, 11) is 0. The topological polar surface area (TPSA) is 9.23 Å². The lowest BCUT2D eigenvalue weighted by Crippen LogP contribution is -1.94. The zero-order valence-corrected chi connectivity index (χ0v) is 13.5. The summed E-state index contributed by atoms with van der Waals surface area (Å²) in [5.41, 5.74) is 2.61.